The van der Waals surface area contributed by atoms with E-state index in [1.54, 1.807) is 4.90 Å². The van der Waals surface area contributed by atoms with Gasteiger partial charge in [0.05, 0.1) is 11.7 Å². The Balaban J connectivity index is 1.94. The maximum Gasteiger partial charge on any atom is 0.308 e. The van der Waals surface area contributed by atoms with Crippen molar-refractivity contribution in [2.24, 2.45) is 11.3 Å². The smallest absolute Gasteiger partial charge is 0.308 e. The lowest BCUT2D eigenvalue weighted by molar-refractivity contribution is -0.141. The van der Waals surface area contributed by atoms with Crippen LogP contribution in [0.25, 0.3) is 0 Å². The fraction of sp³-hybridized carbons (Fsp3) is 0.867. The molecule has 0 aromatic rings. The van der Waals surface area contributed by atoms with E-state index in [-0.39, 0.29) is 36.1 Å². The summed E-state index contributed by atoms with van der Waals surface area (Å²) in [4.78, 5) is 24.6. The molecule has 8 heteroatoms. The Morgan fingerprint density at radius 3 is 2.26 bits per heavy atom. The average molecular weight is 346 g/mol. The zero-order chi connectivity index (χ0) is 17.4. The van der Waals surface area contributed by atoms with E-state index in [0.29, 0.717) is 25.9 Å². The summed E-state index contributed by atoms with van der Waals surface area (Å²) in [6.45, 7) is 6.72. The van der Waals surface area contributed by atoms with E-state index >= 15 is 0 Å². The van der Waals surface area contributed by atoms with Gasteiger partial charge in [-0.15, -0.1) is 0 Å². The van der Waals surface area contributed by atoms with Gasteiger partial charge in [-0.05, 0) is 18.3 Å². The second-order valence-corrected chi connectivity index (χ2v) is 9.70. The van der Waals surface area contributed by atoms with Crippen molar-refractivity contribution in [2.75, 3.05) is 25.4 Å². The lowest BCUT2D eigenvalue weighted by Gasteiger charge is -2.37. The third-order valence-electron chi connectivity index (χ3n) is 4.38. The van der Waals surface area contributed by atoms with Gasteiger partial charge in [-0.2, -0.15) is 0 Å². The van der Waals surface area contributed by atoms with Gasteiger partial charge in [0, 0.05) is 32.1 Å². The first kappa shape index (κ1) is 18.2. The number of carbonyl (C=O) groups excluding carboxylic acids is 1. The number of hydrogen-bond acceptors (Lipinski definition) is 4. The fourth-order valence-electron chi connectivity index (χ4n) is 3.32. The SMILES string of the molecule is CC(C)(C)CS(=O)(=O)N1CCC(N2CC(C(=O)O)CC2=O)CC1. The first-order chi connectivity index (χ1) is 10.5. The number of nitrogens with zero attached hydrogens (tertiary/aromatic N) is 2. The van der Waals surface area contributed by atoms with Crippen molar-refractivity contribution >= 4 is 21.9 Å². The number of piperidine rings is 1. The zero-order valence-corrected chi connectivity index (χ0v) is 14.8. The minimum atomic E-state index is -3.29. The Morgan fingerprint density at radius 2 is 1.83 bits per heavy atom. The van der Waals surface area contributed by atoms with Gasteiger partial charge in [0.2, 0.25) is 15.9 Å². The van der Waals surface area contributed by atoms with E-state index in [4.69, 9.17) is 5.11 Å². The molecule has 0 aliphatic carbocycles. The first-order valence-corrected chi connectivity index (χ1v) is 9.60. The van der Waals surface area contributed by atoms with E-state index in [1.165, 1.54) is 4.31 Å². The molecule has 2 heterocycles. The maximum absolute atomic E-state index is 12.4. The molecule has 2 aliphatic rings. The lowest BCUT2D eigenvalue weighted by atomic mass is 10.0. The molecule has 0 aromatic carbocycles. The first-order valence-electron chi connectivity index (χ1n) is 8.00. The quantitative estimate of drug-likeness (QED) is 0.811. The molecule has 2 fully saturated rings. The Labute approximate surface area is 137 Å². The molecule has 0 radical (unpaired) electrons. The summed E-state index contributed by atoms with van der Waals surface area (Å²) in [7, 11) is -3.29. The molecule has 7 nitrogen and oxygen atoms in total. The summed E-state index contributed by atoms with van der Waals surface area (Å²) in [6, 6.07) is -0.0482. The van der Waals surface area contributed by atoms with Crippen LogP contribution in [0.3, 0.4) is 0 Å². The Bertz CT molecular complexity index is 573. The van der Waals surface area contributed by atoms with Crippen LogP contribution in [0.2, 0.25) is 0 Å². The topological polar surface area (TPSA) is 95.0 Å². The van der Waals surface area contributed by atoms with Crippen LogP contribution in [0.1, 0.15) is 40.0 Å². The van der Waals surface area contributed by atoms with Gasteiger partial charge in [-0.3, -0.25) is 9.59 Å². The van der Waals surface area contributed by atoms with Gasteiger partial charge in [0.1, 0.15) is 0 Å². The molecule has 0 bridgehead atoms. The van der Waals surface area contributed by atoms with Crippen molar-refractivity contribution in [1.29, 1.82) is 0 Å². The predicted octanol–water partition coefficient (Wildman–Crippen LogP) is 0.760. The van der Waals surface area contributed by atoms with E-state index in [0.717, 1.165) is 0 Å². The number of aliphatic carboxylic acids is 1. The van der Waals surface area contributed by atoms with Crippen molar-refractivity contribution in [3.05, 3.63) is 0 Å². The van der Waals surface area contributed by atoms with Crippen LogP contribution in [-0.2, 0) is 19.6 Å². The van der Waals surface area contributed by atoms with Crippen LogP contribution in [0, 0.1) is 11.3 Å². The second kappa shape index (κ2) is 6.39. The van der Waals surface area contributed by atoms with Crippen molar-refractivity contribution in [3.63, 3.8) is 0 Å². The van der Waals surface area contributed by atoms with Crippen molar-refractivity contribution < 1.29 is 23.1 Å². The van der Waals surface area contributed by atoms with Crippen LogP contribution >= 0.6 is 0 Å². The number of carbonyl (C=O) groups is 2. The largest absolute Gasteiger partial charge is 0.481 e. The van der Waals surface area contributed by atoms with Crippen molar-refractivity contribution in [3.8, 4) is 0 Å². The van der Waals surface area contributed by atoms with E-state index in [1.807, 2.05) is 20.8 Å². The van der Waals surface area contributed by atoms with Gasteiger partial charge in [-0.25, -0.2) is 12.7 Å². The molecule has 1 unspecified atom stereocenters. The number of hydrogen-bond donors (Lipinski definition) is 1. The highest BCUT2D eigenvalue weighted by molar-refractivity contribution is 7.89. The molecule has 1 N–H and O–H groups in total. The third kappa shape index (κ3) is 4.44. The molecule has 2 aliphatic heterocycles. The Morgan fingerprint density at radius 1 is 1.26 bits per heavy atom. The maximum atomic E-state index is 12.4. The van der Waals surface area contributed by atoms with Crippen LogP contribution in [-0.4, -0.2) is 66.0 Å². The standard InChI is InChI=1S/C15H26N2O5S/c1-15(2,3)10-23(21,22)16-6-4-12(5-7-16)17-9-11(14(19)20)8-13(17)18/h11-12H,4-10H2,1-3H3,(H,19,20). The van der Waals surface area contributed by atoms with Crippen LogP contribution in [0.15, 0.2) is 0 Å². The minimum absolute atomic E-state index is 0.0482. The summed E-state index contributed by atoms with van der Waals surface area (Å²) >= 11 is 0. The zero-order valence-electron chi connectivity index (χ0n) is 14.0. The third-order valence-corrected chi connectivity index (χ3v) is 6.76. The molecule has 1 amide bonds. The molecular formula is C15H26N2O5S. The van der Waals surface area contributed by atoms with E-state index < -0.39 is 21.9 Å². The van der Waals surface area contributed by atoms with Gasteiger partial charge < -0.3 is 10.0 Å². The highest BCUT2D eigenvalue weighted by Gasteiger charge is 2.40. The number of amides is 1. The number of rotatable bonds is 4. The van der Waals surface area contributed by atoms with Crippen LogP contribution in [0.4, 0.5) is 0 Å². The number of sulfonamides is 1. The number of carboxylic acids is 1. The van der Waals surface area contributed by atoms with Gasteiger partial charge in [-0.1, -0.05) is 20.8 Å². The normalized spacial score (nSPS) is 25.1. The van der Waals surface area contributed by atoms with Crippen molar-refractivity contribution in [2.45, 2.75) is 46.1 Å². The van der Waals surface area contributed by atoms with Gasteiger partial charge >= 0.3 is 5.97 Å². The monoisotopic (exact) mass is 346 g/mol. The Hall–Kier alpha value is -1.15. The molecule has 0 spiro atoms. The summed E-state index contributed by atoms with van der Waals surface area (Å²) in [5.41, 5.74) is -0.296. The molecule has 2 rings (SSSR count). The minimum Gasteiger partial charge on any atom is -0.481 e. The highest BCUT2D eigenvalue weighted by Crippen LogP contribution is 2.28. The Kier molecular flexibility index (Phi) is 5.06. The number of carboxylic acid groups (broad SMARTS) is 1. The summed E-state index contributed by atoms with van der Waals surface area (Å²) in [6.07, 6.45) is 1.20. The predicted molar refractivity (Wildman–Crippen MR) is 85.3 cm³/mol. The van der Waals surface area contributed by atoms with Crippen LogP contribution in [0.5, 0.6) is 0 Å². The number of likely N-dealkylation sites (tertiary alicyclic amines) is 1. The summed E-state index contributed by atoms with van der Waals surface area (Å²) in [5.74, 6) is -1.60. The van der Waals surface area contributed by atoms with Crippen LogP contribution < -0.4 is 0 Å². The van der Waals surface area contributed by atoms with Crippen molar-refractivity contribution in [1.82, 2.24) is 9.21 Å². The molecule has 0 aromatic heterocycles. The molecular weight excluding hydrogens is 320 g/mol. The second-order valence-electron chi connectivity index (χ2n) is 7.73. The lowest BCUT2D eigenvalue weighted by Crippen LogP contribution is -2.48. The van der Waals surface area contributed by atoms with Gasteiger partial charge in [0.15, 0.2) is 0 Å². The fourth-order valence-corrected chi connectivity index (χ4v) is 5.36. The summed E-state index contributed by atoms with van der Waals surface area (Å²) in [5, 5.41) is 9.04. The molecule has 1 atom stereocenters. The highest BCUT2D eigenvalue weighted by atomic mass is 32.2. The van der Waals surface area contributed by atoms with E-state index in [9.17, 15) is 18.0 Å². The van der Waals surface area contributed by atoms with E-state index in [2.05, 4.69) is 0 Å². The molecule has 132 valence electrons. The average Bonchev–Trinajstić information content (AvgIpc) is 2.78. The molecule has 0 saturated carbocycles. The molecule has 23 heavy (non-hydrogen) atoms. The summed E-state index contributed by atoms with van der Waals surface area (Å²) < 4.78 is 26.3. The van der Waals surface area contributed by atoms with Gasteiger partial charge in [0.25, 0.3) is 0 Å². The molecule has 2 saturated heterocycles.